The zero-order valence-corrected chi connectivity index (χ0v) is 13.7. The molecule has 1 aliphatic rings. The summed E-state index contributed by atoms with van der Waals surface area (Å²) in [5.74, 6) is 0.443. The molecule has 1 N–H and O–H groups in total. The Balaban J connectivity index is 2.25. The van der Waals surface area contributed by atoms with Crippen LogP contribution in [0.4, 0.5) is 4.39 Å². The smallest absolute Gasteiger partial charge is 0.123 e. The molecule has 1 aromatic carbocycles. The lowest BCUT2D eigenvalue weighted by atomic mass is 9.87. The molecule has 21 heavy (non-hydrogen) atoms. The van der Waals surface area contributed by atoms with Gasteiger partial charge in [0.25, 0.3) is 0 Å². The number of likely N-dealkylation sites (tertiary alicyclic amines) is 1. The van der Waals surface area contributed by atoms with Gasteiger partial charge in [-0.15, -0.1) is 0 Å². The highest BCUT2D eigenvalue weighted by atomic mass is 19.1. The summed E-state index contributed by atoms with van der Waals surface area (Å²) in [4.78, 5) is 2.42. The Morgan fingerprint density at radius 2 is 2.14 bits per heavy atom. The van der Waals surface area contributed by atoms with Gasteiger partial charge >= 0.3 is 0 Å². The molecular weight excluding hydrogens is 263 g/mol. The van der Waals surface area contributed by atoms with Gasteiger partial charge in [0, 0.05) is 6.04 Å². The maximum Gasteiger partial charge on any atom is 0.123 e. The SMILES string of the molecule is CCCNCC1CCCCN(C)C1c1cc(F)ccc1C. The molecule has 2 rings (SSSR count). The van der Waals surface area contributed by atoms with Crippen molar-refractivity contribution in [2.45, 2.75) is 45.6 Å². The Labute approximate surface area is 128 Å². The van der Waals surface area contributed by atoms with Crippen LogP contribution in [0.1, 0.15) is 49.8 Å². The number of aryl methyl sites for hydroxylation is 1. The predicted octanol–water partition coefficient (Wildman–Crippen LogP) is 3.91. The maximum absolute atomic E-state index is 13.7. The van der Waals surface area contributed by atoms with E-state index in [1.165, 1.54) is 30.4 Å². The normalized spacial score (nSPS) is 24.0. The minimum atomic E-state index is -0.117. The Hall–Kier alpha value is -0.930. The fourth-order valence-electron chi connectivity index (χ4n) is 3.52. The summed E-state index contributed by atoms with van der Waals surface area (Å²) in [7, 11) is 2.19. The summed E-state index contributed by atoms with van der Waals surface area (Å²) in [6.45, 7) is 7.49. The highest BCUT2D eigenvalue weighted by Crippen LogP contribution is 2.35. The Morgan fingerprint density at radius 3 is 2.90 bits per heavy atom. The molecule has 0 bridgehead atoms. The van der Waals surface area contributed by atoms with Crippen LogP contribution in [-0.4, -0.2) is 31.6 Å². The van der Waals surface area contributed by atoms with Gasteiger partial charge in [-0.1, -0.05) is 19.4 Å². The summed E-state index contributed by atoms with van der Waals surface area (Å²) >= 11 is 0. The second-order valence-corrected chi connectivity index (χ2v) is 6.39. The van der Waals surface area contributed by atoms with Crippen LogP contribution in [-0.2, 0) is 0 Å². The molecule has 1 saturated heterocycles. The summed E-state index contributed by atoms with van der Waals surface area (Å²) in [5, 5.41) is 3.57. The minimum absolute atomic E-state index is 0.117. The number of hydrogen-bond acceptors (Lipinski definition) is 2. The van der Waals surface area contributed by atoms with Crippen LogP contribution < -0.4 is 5.32 Å². The van der Waals surface area contributed by atoms with E-state index in [-0.39, 0.29) is 5.82 Å². The number of halogens is 1. The second kappa shape index (κ2) is 7.90. The molecule has 0 spiro atoms. The zero-order valence-electron chi connectivity index (χ0n) is 13.7. The number of benzene rings is 1. The number of rotatable bonds is 5. The van der Waals surface area contributed by atoms with E-state index in [0.29, 0.717) is 12.0 Å². The molecule has 0 aliphatic carbocycles. The Bertz CT molecular complexity index is 447. The molecule has 0 radical (unpaired) electrons. The molecule has 0 amide bonds. The van der Waals surface area contributed by atoms with Gasteiger partial charge in [-0.3, -0.25) is 4.90 Å². The lowest BCUT2D eigenvalue weighted by Crippen LogP contribution is -2.35. The quantitative estimate of drug-likeness (QED) is 0.828. The van der Waals surface area contributed by atoms with Crippen LogP contribution in [0.25, 0.3) is 0 Å². The lowest BCUT2D eigenvalue weighted by Gasteiger charge is -2.34. The first kappa shape index (κ1) is 16.4. The van der Waals surface area contributed by atoms with Gasteiger partial charge in [0.15, 0.2) is 0 Å². The maximum atomic E-state index is 13.7. The van der Waals surface area contributed by atoms with Crippen molar-refractivity contribution in [3.05, 3.63) is 35.1 Å². The highest BCUT2D eigenvalue weighted by molar-refractivity contribution is 5.30. The van der Waals surface area contributed by atoms with Crippen molar-refractivity contribution in [3.63, 3.8) is 0 Å². The van der Waals surface area contributed by atoms with Gasteiger partial charge in [0.1, 0.15) is 5.82 Å². The van der Waals surface area contributed by atoms with Gasteiger partial charge in [-0.05, 0) is 82.0 Å². The van der Waals surface area contributed by atoms with E-state index in [1.54, 1.807) is 12.1 Å². The van der Waals surface area contributed by atoms with Crippen LogP contribution in [0.15, 0.2) is 18.2 Å². The predicted molar refractivity (Wildman–Crippen MR) is 87.0 cm³/mol. The zero-order chi connectivity index (χ0) is 15.2. The molecule has 1 heterocycles. The van der Waals surface area contributed by atoms with Crippen LogP contribution >= 0.6 is 0 Å². The van der Waals surface area contributed by atoms with Crippen molar-refractivity contribution in [2.24, 2.45) is 5.92 Å². The first-order chi connectivity index (χ1) is 10.1. The average molecular weight is 292 g/mol. The van der Waals surface area contributed by atoms with E-state index in [1.807, 2.05) is 6.07 Å². The van der Waals surface area contributed by atoms with Crippen molar-refractivity contribution in [2.75, 3.05) is 26.7 Å². The molecule has 2 nitrogen and oxygen atoms in total. The Kier molecular flexibility index (Phi) is 6.19. The summed E-state index contributed by atoms with van der Waals surface area (Å²) < 4.78 is 13.7. The minimum Gasteiger partial charge on any atom is -0.316 e. The van der Waals surface area contributed by atoms with Gasteiger partial charge < -0.3 is 5.32 Å². The average Bonchev–Trinajstić information content (AvgIpc) is 2.64. The lowest BCUT2D eigenvalue weighted by molar-refractivity contribution is 0.188. The molecule has 2 atom stereocenters. The first-order valence-corrected chi connectivity index (χ1v) is 8.30. The number of nitrogens with one attached hydrogen (secondary N) is 1. The van der Waals surface area contributed by atoms with E-state index >= 15 is 0 Å². The van der Waals surface area contributed by atoms with E-state index < -0.39 is 0 Å². The number of hydrogen-bond donors (Lipinski definition) is 1. The third-order valence-electron chi connectivity index (χ3n) is 4.65. The van der Waals surface area contributed by atoms with Crippen LogP contribution in [0.2, 0.25) is 0 Å². The van der Waals surface area contributed by atoms with Gasteiger partial charge in [0.2, 0.25) is 0 Å². The summed E-state index contributed by atoms with van der Waals surface area (Å²) in [6, 6.07) is 5.56. The van der Waals surface area contributed by atoms with E-state index in [0.717, 1.165) is 26.1 Å². The van der Waals surface area contributed by atoms with Crippen LogP contribution in [0.5, 0.6) is 0 Å². The topological polar surface area (TPSA) is 15.3 Å². The van der Waals surface area contributed by atoms with E-state index in [9.17, 15) is 4.39 Å². The van der Waals surface area contributed by atoms with E-state index in [4.69, 9.17) is 0 Å². The summed E-state index contributed by atoms with van der Waals surface area (Å²) in [5.41, 5.74) is 2.37. The van der Waals surface area contributed by atoms with Crippen LogP contribution in [0.3, 0.4) is 0 Å². The molecule has 118 valence electrons. The molecule has 0 aromatic heterocycles. The second-order valence-electron chi connectivity index (χ2n) is 6.39. The van der Waals surface area contributed by atoms with Gasteiger partial charge in [-0.2, -0.15) is 0 Å². The molecule has 1 fully saturated rings. The van der Waals surface area contributed by atoms with Gasteiger partial charge in [-0.25, -0.2) is 4.39 Å². The first-order valence-electron chi connectivity index (χ1n) is 8.30. The van der Waals surface area contributed by atoms with Crippen LogP contribution in [0, 0.1) is 18.7 Å². The third-order valence-corrected chi connectivity index (χ3v) is 4.65. The molecule has 1 aliphatic heterocycles. The molecule has 2 unspecified atom stereocenters. The fraction of sp³-hybridized carbons (Fsp3) is 0.667. The fourth-order valence-corrected chi connectivity index (χ4v) is 3.52. The van der Waals surface area contributed by atoms with Crippen molar-refractivity contribution >= 4 is 0 Å². The Morgan fingerprint density at radius 1 is 1.33 bits per heavy atom. The molecule has 3 heteroatoms. The number of nitrogens with zero attached hydrogens (tertiary/aromatic N) is 1. The highest BCUT2D eigenvalue weighted by Gasteiger charge is 2.29. The third kappa shape index (κ3) is 4.27. The molecular formula is C18H29FN2. The standard InChI is InChI=1S/C18H29FN2/c1-4-10-20-13-15-7-5-6-11-21(3)18(15)17-12-16(19)9-8-14(17)2/h8-9,12,15,18,20H,4-7,10-11,13H2,1-3H3. The van der Waals surface area contributed by atoms with Crippen molar-refractivity contribution < 1.29 is 4.39 Å². The van der Waals surface area contributed by atoms with Crippen molar-refractivity contribution in [1.82, 2.24) is 10.2 Å². The molecule has 0 saturated carbocycles. The van der Waals surface area contributed by atoms with Crippen molar-refractivity contribution in [1.29, 1.82) is 0 Å². The monoisotopic (exact) mass is 292 g/mol. The largest absolute Gasteiger partial charge is 0.316 e. The van der Waals surface area contributed by atoms with Crippen molar-refractivity contribution in [3.8, 4) is 0 Å². The van der Waals surface area contributed by atoms with Gasteiger partial charge in [0.05, 0.1) is 0 Å². The molecule has 1 aromatic rings. The van der Waals surface area contributed by atoms with E-state index in [2.05, 4.69) is 31.1 Å². The summed E-state index contributed by atoms with van der Waals surface area (Å²) in [6.07, 6.45) is 4.90.